The Kier molecular flexibility index (Phi) is 9.58. The number of benzene rings is 3. The zero-order chi connectivity index (χ0) is 27.2. The van der Waals surface area contributed by atoms with Gasteiger partial charge in [-0.05, 0) is 65.2 Å². The Morgan fingerprint density at radius 2 is 1.89 bits per heavy atom. The second-order valence-corrected chi connectivity index (χ2v) is 11.4. The van der Waals surface area contributed by atoms with E-state index in [0.717, 1.165) is 27.3 Å². The van der Waals surface area contributed by atoms with E-state index in [0.29, 0.717) is 32.2 Å². The van der Waals surface area contributed by atoms with Crippen LogP contribution in [0.3, 0.4) is 0 Å². The van der Waals surface area contributed by atoms with Crippen LogP contribution < -0.4 is 19.2 Å². The van der Waals surface area contributed by atoms with Crippen LogP contribution in [0.1, 0.15) is 22.3 Å². The number of carbonyl (C=O) groups excluding carboxylic acids is 1. The van der Waals surface area contributed by atoms with Gasteiger partial charge in [0.2, 0.25) is 10.0 Å². The van der Waals surface area contributed by atoms with Gasteiger partial charge in [-0.1, -0.05) is 47.5 Å². The third-order valence-corrected chi connectivity index (χ3v) is 7.38. The van der Waals surface area contributed by atoms with Gasteiger partial charge in [-0.25, -0.2) is 13.8 Å². The molecule has 37 heavy (non-hydrogen) atoms. The molecule has 3 aromatic carbocycles. The first-order valence-electron chi connectivity index (χ1n) is 11.1. The molecular weight excluding hydrogens is 582 g/mol. The quantitative estimate of drug-likeness (QED) is 0.251. The lowest BCUT2D eigenvalue weighted by molar-refractivity contribution is -0.119. The number of halogens is 2. The van der Waals surface area contributed by atoms with Crippen molar-refractivity contribution in [2.75, 3.05) is 24.2 Å². The predicted molar refractivity (Wildman–Crippen MR) is 150 cm³/mol. The van der Waals surface area contributed by atoms with Gasteiger partial charge >= 0.3 is 0 Å². The number of hydrogen-bond donors (Lipinski definition) is 1. The molecule has 3 rings (SSSR count). The van der Waals surface area contributed by atoms with E-state index in [4.69, 9.17) is 21.1 Å². The van der Waals surface area contributed by atoms with Crippen LogP contribution in [0.25, 0.3) is 0 Å². The standard InChI is InChI=1S/C26H27BrClN3O5S/c1-17-9-10-23(18(2)11-17)31(37(4,33)34)15-25(32)30-29-14-19-12-21(27)26(24(13-19)35-3)36-16-20-7-5-6-8-22(20)28/h5-14H,15-16H2,1-4H3,(H,30,32)/b29-14+. The van der Waals surface area contributed by atoms with Crippen LogP contribution >= 0.6 is 27.5 Å². The normalized spacial score (nSPS) is 11.4. The summed E-state index contributed by atoms with van der Waals surface area (Å²) in [5, 5.41) is 4.58. The van der Waals surface area contributed by atoms with Crippen molar-refractivity contribution >= 4 is 55.4 Å². The summed E-state index contributed by atoms with van der Waals surface area (Å²) in [5.41, 5.74) is 6.00. The van der Waals surface area contributed by atoms with Gasteiger partial charge in [0.25, 0.3) is 5.91 Å². The first-order valence-corrected chi connectivity index (χ1v) is 14.1. The van der Waals surface area contributed by atoms with E-state index < -0.39 is 22.5 Å². The molecule has 3 aromatic rings. The lowest BCUT2D eigenvalue weighted by atomic mass is 10.1. The summed E-state index contributed by atoms with van der Waals surface area (Å²) in [6.45, 7) is 3.54. The van der Waals surface area contributed by atoms with Gasteiger partial charge in [-0.2, -0.15) is 5.10 Å². The van der Waals surface area contributed by atoms with E-state index in [-0.39, 0.29) is 6.61 Å². The van der Waals surface area contributed by atoms with Gasteiger partial charge in [-0.3, -0.25) is 9.10 Å². The highest BCUT2D eigenvalue weighted by Gasteiger charge is 2.22. The lowest BCUT2D eigenvalue weighted by Crippen LogP contribution is -2.39. The number of ether oxygens (including phenoxy) is 2. The minimum absolute atomic E-state index is 0.245. The Morgan fingerprint density at radius 3 is 2.54 bits per heavy atom. The van der Waals surface area contributed by atoms with Crippen molar-refractivity contribution in [3.05, 3.63) is 86.3 Å². The molecule has 0 unspecified atom stereocenters. The first kappa shape index (κ1) is 28.5. The van der Waals surface area contributed by atoms with Crippen LogP contribution in [0.5, 0.6) is 11.5 Å². The number of hydrogen-bond acceptors (Lipinski definition) is 6. The number of anilines is 1. The average molecular weight is 609 g/mol. The summed E-state index contributed by atoms with van der Waals surface area (Å²) in [6.07, 6.45) is 2.48. The summed E-state index contributed by atoms with van der Waals surface area (Å²) in [7, 11) is -2.18. The second-order valence-electron chi connectivity index (χ2n) is 8.27. The molecule has 0 aromatic heterocycles. The van der Waals surface area contributed by atoms with E-state index in [1.807, 2.05) is 31.2 Å². The first-order chi connectivity index (χ1) is 17.5. The van der Waals surface area contributed by atoms with Crippen LogP contribution in [0.2, 0.25) is 5.02 Å². The van der Waals surface area contributed by atoms with Gasteiger partial charge in [0.1, 0.15) is 13.2 Å². The monoisotopic (exact) mass is 607 g/mol. The smallest absolute Gasteiger partial charge is 0.260 e. The molecule has 0 heterocycles. The molecule has 0 aliphatic heterocycles. The summed E-state index contributed by atoms with van der Waals surface area (Å²) < 4.78 is 37.8. The Balaban J connectivity index is 1.70. The molecule has 0 aliphatic carbocycles. The highest BCUT2D eigenvalue weighted by Crippen LogP contribution is 2.37. The molecule has 196 valence electrons. The zero-order valence-corrected chi connectivity index (χ0v) is 23.9. The van der Waals surface area contributed by atoms with Crippen molar-refractivity contribution in [3.8, 4) is 11.5 Å². The highest BCUT2D eigenvalue weighted by molar-refractivity contribution is 9.10. The number of sulfonamides is 1. The number of amides is 1. The zero-order valence-electron chi connectivity index (χ0n) is 20.8. The maximum Gasteiger partial charge on any atom is 0.260 e. The lowest BCUT2D eigenvalue weighted by Gasteiger charge is -2.23. The van der Waals surface area contributed by atoms with Gasteiger partial charge in [0, 0.05) is 10.6 Å². The third-order valence-electron chi connectivity index (χ3n) is 5.29. The van der Waals surface area contributed by atoms with Crippen LogP contribution in [-0.2, 0) is 21.4 Å². The van der Waals surface area contributed by atoms with Crippen LogP contribution in [0.4, 0.5) is 5.69 Å². The van der Waals surface area contributed by atoms with E-state index in [2.05, 4.69) is 26.5 Å². The minimum atomic E-state index is -3.70. The number of carbonyl (C=O) groups is 1. The summed E-state index contributed by atoms with van der Waals surface area (Å²) in [6, 6.07) is 16.2. The van der Waals surface area contributed by atoms with Crippen LogP contribution in [0.15, 0.2) is 64.2 Å². The molecule has 1 amide bonds. The fourth-order valence-corrected chi connectivity index (χ4v) is 5.21. The second kappa shape index (κ2) is 12.4. The van der Waals surface area contributed by atoms with Crippen molar-refractivity contribution in [3.63, 3.8) is 0 Å². The number of aryl methyl sites for hydroxylation is 2. The predicted octanol–water partition coefficient (Wildman–Crippen LogP) is 5.22. The maximum absolute atomic E-state index is 12.5. The molecule has 0 radical (unpaired) electrons. The fraction of sp³-hybridized carbons (Fsp3) is 0.231. The summed E-state index contributed by atoms with van der Waals surface area (Å²) in [4.78, 5) is 12.5. The maximum atomic E-state index is 12.5. The van der Waals surface area contributed by atoms with E-state index in [9.17, 15) is 13.2 Å². The van der Waals surface area contributed by atoms with Crippen molar-refractivity contribution in [1.82, 2.24) is 5.43 Å². The fourth-order valence-electron chi connectivity index (χ4n) is 3.53. The Labute approximate surface area is 230 Å². The van der Waals surface area contributed by atoms with Crippen molar-refractivity contribution in [2.24, 2.45) is 5.10 Å². The van der Waals surface area contributed by atoms with Crippen LogP contribution in [0, 0.1) is 13.8 Å². The van der Waals surface area contributed by atoms with E-state index >= 15 is 0 Å². The molecule has 11 heteroatoms. The van der Waals surface area contributed by atoms with E-state index in [1.54, 1.807) is 37.3 Å². The molecular formula is C26H27BrClN3O5S. The van der Waals surface area contributed by atoms with Gasteiger partial charge < -0.3 is 9.47 Å². The molecule has 0 aliphatic rings. The Hall–Kier alpha value is -3.08. The Morgan fingerprint density at radius 1 is 1.16 bits per heavy atom. The van der Waals surface area contributed by atoms with Crippen molar-refractivity contribution < 1.29 is 22.7 Å². The number of methoxy groups -OCH3 is 1. The Bertz CT molecular complexity index is 1430. The largest absolute Gasteiger partial charge is 0.493 e. The number of nitrogens with zero attached hydrogens (tertiary/aromatic N) is 2. The minimum Gasteiger partial charge on any atom is -0.493 e. The van der Waals surface area contributed by atoms with Crippen molar-refractivity contribution in [2.45, 2.75) is 20.5 Å². The van der Waals surface area contributed by atoms with Gasteiger partial charge in [0.15, 0.2) is 11.5 Å². The summed E-state index contributed by atoms with van der Waals surface area (Å²) >= 11 is 9.69. The highest BCUT2D eigenvalue weighted by atomic mass is 79.9. The van der Waals surface area contributed by atoms with Gasteiger partial charge in [0.05, 0.1) is 29.7 Å². The number of hydrazone groups is 1. The molecule has 0 atom stereocenters. The average Bonchev–Trinajstić information content (AvgIpc) is 2.82. The SMILES string of the molecule is COc1cc(/C=N/NC(=O)CN(c2ccc(C)cc2C)S(C)(=O)=O)cc(Br)c1OCc1ccccc1Cl. The van der Waals surface area contributed by atoms with Crippen molar-refractivity contribution in [1.29, 1.82) is 0 Å². The molecule has 1 N–H and O–H groups in total. The molecule has 8 nitrogen and oxygen atoms in total. The number of rotatable bonds is 10. The van der Waals surface area contributed by atoms with Crippen LogP contribution in [-0.4, -0.2) is 40.4 Å². The molecule has 0 spiro atoms. The third kappa shape index (κ3) is 7.70. The van der Waals surface area contributed by atoms with E-state index in [1.165, 1.54) is 13.3 Å². The molecule has 0 saturated carbocycles. The molecule has 0 saturated heterocycles. The molecule has 0 bridgehead atoms. The number of nitrogens with one attached hydrogen (secondary N) is 1. The topological polar surface area (TPSA) is 97.3 Å². The summed E-state index contributed by atoms with van der Waals surface area (Å²) in [5.74, 6) is 0.348. The van der Waals surface area contributed by atoms with Gasteiger partial charge in [-0.15, -0.1) is 0 Å². The molecule has 0 fully saturated rings.